The van der Waals surface area contributed by atoms with Gasteiger partial charge in [-0.1, -0.05) is 30.3 Å². The molecule has 3 aromatic rings. The number of carboxylic acid groups (broad SMARTS) is 2. The molecule has 0 bridgehead atoms. The summed E-state index contributed by atoms with van der Waals surface area (Å²) in [4.78, 5) is 33.1. The van der Waals surface area contributed by atoms with Crippen molar-refractivity contribution in [1.29, 1.82) is 0 Å². The van der Waals surface area contributed by atoms with Crippen LogP contribution in [0.25, 0.3) is 0 Å². The molecule has 40 heavy (non-hydrogen) atoms. The number of hydrogen-bond acceptors (Lipinski definition) is 7. The molecule has 0 aliphatic carbocycles. The van der Waals surface area contributed by atoms with E-state index in [9.17, 15) is 26.3 Å². The molecule has 0 amide bonds. The number of carbonyl (C=O) groups is 2. The number of aliphatic carboxylic acids is 2. The highest BCUT2D eigenvalue weighted by Gasteiger charge is 2.39. The number of aromatic nitrogens is 3. The molecule has 15 heteroatoms. The van der Waals surface area contributed by atoms with Gasteiger partial charge in [0.25, 0.3) is 0 Å². The quantitative estimate of drug-likeness (QED) is 0.419. The Morgan fingerprint density at radius 1 is 0.875 bits per heavy atom. The standard InChI is InChI=1S/C21H22N4O.2C2HF3O2/c1-2-6-17(7-3-1)14-18-16-25(21-23-11-5-12-24-21)13-9-20(18)26-19-8-4-10-22-15-19;2*3-2(4,5)1(6)7/h1-8,10-12,15,18,20H,9,13-14,16H2;2*(H,6,7)/t18-,20+;;/m0../s1. The molecule has 3 heterocycles. The van der Waals surface area contributed by atoms with E-state index in [4.69, 9.17) is 24.5 Å². The molecule has 1 aliphatic heterocycles. The third kappa shape index (κ3) is 11.1. The fourth-order valence-electron chi connectivity index (χ4n) is 3.51. The summed E-state index contributed by atoms with van der Waals surface area (Å²) < 4.78 is 69.8. The minimum atomic E-state index is -5.08. The first-order valence-electron chi connectivity index (χ1n) is 11.5. The first-order chi connectivity index (χ1) is 18.8. The molecule has 1 fully saturated rings. The first-order valence-corrected chi connectivity index (χ1v) is 11.5. The van der Waals surface area contributed by atoms with Crippen LogP contribution in [0.15, 0.2) is 73.3 Å². The predicted molar refractivity (Wildman–Crippen MR) is 129 cm³/mol. The molecule has 0 saturated carbocycles. The van der Waals surface area contributed by atoms with Crippen LogP contribution in [0.5, 0.6) is 5.75 Å². The van der Waals surface area contributed by atoms with Gasteiger partial charge in [-0.05, 0) is 30.2 Å². The van der Waals surface area contributed by atoms with Crippen LogP contribution in [0.4, 0.5) is 32.3 Å². The average molecular weight is 574 g/mol. The number of anilines is 1. The number of nitrogens with zero attached hydrogens (tertiary/aromatic N) is 4. The fourth-order valence-corrected chi connectivity index (χ4v) is 3.51. The van der Waals surface area contributed by atoms with Crippen molar-refractivity contribution in [3.8, 4) is 5.75 Å². The molecule has 216 valence electrons. The van der Waals surface area contributed by atoms with Gasteiger partial charge in [0.2, 0.25) is 5.95 Å². The SMILES string of the molecule is O=C(O)C(F)(F)F.O=C(O)C(F)(F)F.c1ccc(C[C@H]2CN(c3ncccn3)CC[C@H]2Oc2cccnc2)cc1. The number of ether oxygens (including phenoxy) is 1. The van der Waals surface area contributed by atoms with Crippen molar-refractivity contribution >= 4 is 17.9 Å². The van der Waals surface area contributed by atoms with E-state index in [1.807, 2.05) is 18.2 Å². The van der Waals surface area contributed by atoms with Crippen LogP contribution >= 0.6 is 0 Å². The molecule has 0 radical (unpaired) electrons. The summed E-state index contributed by atoms with van der Waals surface area (Å²) in [7, 11) is 0. The van der Waals surface area contributed by atoms with E-state index in [1.165, 1.54) is 5.56 Å². The number of halogens is 6. The van der Waals surface area contributed by atoms with Crippen molar-refractivity contribution in [2.75, 3.05) is 18.0 Å². The van der Waals surface area contributed by atoms with Crippen LogP contribution < -0.4 is 9.64 Å². The summed E-state index contributed by atoms with van der Waals surface area (Å²) in [6.07, 6.45) is -0.964. The number of hydrogen-bond donors (Lipinski definition) is 2. The Kier molecular flexibility index (Phi) is 11.6. The summed E-state index contributed by atoms with van der Waals surface area (Å²) in [5, 5.41) is 14.2. The van der Waals surface area contributed by atoms with Gasteiger partial charge in [-0.25, -0.2) is 19.6 Å². The molecule has 0 spiro atoms. The first kappa shape index (κ1) is 31.8. The Hall–Kier alpha value is -4.43. The van der Waals surface area contributed by atoms with Crippen LogP contribution in [0.1, 0.15) is 12.0 Å². The fraction of sp³-hybridized carbons (Fsp3) is 0.320. The summed E-state index contributed by atoms with van der Waals surface area (Å²) in [6, 6.07) is 16.3. The molecule has 2 atom stereocenters. The van der Waals surface area contributed by atoms with Gasteiger partial charge in [0.15, 0.2) is 0 Å². The number of pyridine rings is 1. The lowest BCUT2D eigenvalue weighted by Gasteiger charge is -2.38. The number of rotatable bonds is 5. The zero-order valence-corrected chi connectivity index (χ0v) is 20.6. The minimum absolute atomic E-state index is 0.152. The maximum atomic E-state index is 10.6. The second-order valence-electron chi connectivity index (χ2n) is 8.18. The van der Waals surface area contributed by atoms with Gasteiger partial charge < -0.3 is 19.8 Å². The van der Waals surface area contributed by atoms with Gasteiger partial charge >= 0.3 is 24.3 Å². The van der Waals surface area contributed by atoms with Gasteiger partial charge in [0, 0.05) is 44.0 Å². The van der Waals surface area contributed by atoms with Crippen LogP contribution in [0.3, 0.4) is 0 Å². The van der Waals surface area contributed by atoms with E-state index in [-0.39, 0.29) is 6.10 Å². The lowest BCUT2D eigenvalue weighted by Crippen LogP contribution is -2.47. The molecule has 1 saturated heterocycles. The molecule has 9 nitrogen and oxygen atoms in total. The van der Waals surface area contributed by atoms with Gasteiger partial charge in [-0.15, -0.1) is 0 Å². The third-order valence-electron chi connectivity index (χ3n) is 5.25. The molecule has 1 aliphatic rings. The number of benzene rings is 1. The second kappa shape index (κ2) is 14.6. The van der Waals surface area contributed by atoms with E-state index in [1.54, 1.807) is 24.8 Å². The highest BCUT2D eigenvalue weighted by atomic mass is 19.4. The molecule has 4 rings (SSSR count). The van der Waals surface area contributed by atoms with Gasteiger partial charge in [-0.2, -0.15) is 26.3 Å². The molecule has 2 N–H and O–H groups in total. The Morgan fingerprint density at radius 2 is 1.45 bits per heavy atom. The monoisotopic (exact) mass is 574 g/mol. The Bertz CT molecular complexity index is 1160. The van der Waals surface area contributed by atoms with Crippen molar-refractivity contribution in [2.45, 2.75) is 31.3 Å². The van der Waals surface area contributed by atoms with E-state index < -0.39 is 24.3 Å². The van der Waals surface area contributed by atoms with Crippen molar-refractivity contribution in [1.82, 2.24) is 15.0 Å². The molecular weight excluding hydrogens is 550 g/mol. The lowest BCUT2D eigenvalue weighted by molar-refractivity contribution is -0.193. The van der Waals surface area contributed by atoms with Crippen LogP contribution in [0.2, 0.25) is 0 Å². The summed E-state index contributed by atoms with van der Waals surface area (Å²) in [5.41, 5.74) is 1.33. The van der Waals surface area contributed by atoms with Crippen molar-refractivity contribution in [3.63, 3.8) is 0 Å². The van der Waals surface area contributed by atoms with Crippen LogP contribution in [0, 0.1) is 5.92 Å². The molecule has 2 aromatic heterocycles. The van der Waals surface area contributed by atoms with Gasteiger partial charge in [0.05, 0.1) is 6.20 Å². The summed E-state index contributed by atoms with van der Waals surface area (Å²) >= 11 is 0. The molecular formula is C25H24F6N4O5. The van der Waals surface area contributed by atoms with Crippen molar-refractivity contribution in [2.24, 2.45) is 5.92 Å². The van der Waals surface area contributed by atoms with Gasteiger partial charge in [0.1, 0.15) is 11.9 Å². The molecule has 1 aromatic carbocycles. The summed E-state index contributed by atoms with van der Waals surface area (Å²) in [5.74, 6) is -3.53. The Balaban J connectivity index is 0.000000333. The van der Waals surface area contributed by atoms with E-state index in [2.05, 4.69) is 50.2 Å². The Labute approximate surface area is 224 Å². The average Bonchev–Trinajstić information content (AvgIpc) is 2.91. The van der Waals surface area contributed by atoms with E-state index >= 15 is 0 Å². The van der Waals surface area contributed by atoms with E-state index in [0.29, 0.717) is 5.92 Å². The van der Waals surface area contributed by atoms with Crippen molar-refractivity contribution < 1.29 is 50.9 Å². The van der Waals surface area contributed by atoms with Crippen LogP contribution in [-0.4, -0.2) is 68.6 Å². The summed E-state index contributed by atoms with van der Waals surface area (Å²) in [6.45, 7) is 1.77. The third-order valence-corrected chi connectivity index (χ3v) is 5.25. The zero-order chi connectivity index (χ0) is 29.8. The Morgan fingerprint density at radius 3 is 1.95 bits per heavy atom. The predicted octanol–water partition coefficient (Wildman–Crippen LogP) is 4.65. The highest BCUT2D eigenvalue weighted by Crippen LogP contribution is 2.27. The maximum Gasteiger partial charge on any atom is 0.490 e. The topological polar surface area (TPSA) is 126 Å². The second-order valence-corrected chi connectivity index (χ2v) is 8.18. The van der Waals surface area contributed by atoms with E-state index in [0.717, 1.165) is 37.6 Å². The largest absolute Gasteiger partial charge is 0.490 e. The number of alkyl halides is 6. The maximum absolute atomic E-state index is 10.6. The smallest absolute Gasteiger partial charge is 0.488 e. The number of carboxylic acids is 2. The molecule has 0 unspecified atom stereocenters. The zero-order valence-electron chi connectivity index (χ0n) is 20.6. The minimum Gasteiger partial charge on any atom is -0.488 e. The van der Waals surface area contributed by atoms with Crippen molar-refractivity contribution in [3.05, 3.63) is 78.9 Å². The normalized spacial score (nSPS) is 16.9. The van der Waals surface area contributed by atoms with Crippen LogP contribution in [-0.2, 0) is 16.0 Å². The lowest BCUT2D eigenvalue weighted by atomic mass is 9.88. The number of piperidine rings is 1. The highest BCUT2D eigenvalue weighted by molar-refractivity contribution is 5.73. The van der Waals surface area contributed by atoms with Gasteiger partial charge in [-0.3, -0.25) is 4.98 Å².